The van der Waals surface area contributed by atoms with E-state index in [2.05, 4.69) is 41.6 Å². The maximum absolute atomic E-state index is 11.4. The van der Waals surface area contributed by atoms with Crippen molar-refractivity contribution >= 4 is 27.6 Å². The maximum atomic E-state index is 11.4. The molecule has 19 heavy (non-hydrogen) atoms. The lowest BCUT2D eigenvalue weighted by molar-refractivity contribution is 0.0696. The van der Waals surface area contributed by atoms with Gasteiger partial charge in [-0.2, -0.15) is 0 Å². The van der Waals surface area contributed by atoms with Crippen molar-refractivity contribution in [3.05, 3.63) is 28.2 Å². The Bertz CT molecular complexity index is 432. The number of carbonyl (C=O) groups is 1. The van der Waals surface area contributed by atoms with E-state index in [9.17, 15) is 9.90 Å². The third-order valence-corrected chi connectivity index (χ3v) is 3.80. The molecule has 0 radical (unpaired) electrons. The van der Waals surface area contributed by atoms with Crippen LogP contribution in [0.2, 0.25) is 0 Å². The predicted octanol–water partition coefficient (Wildman–Crippen LogP) is 4.55. The van der Waals surface area contributed by atoms with Gasteiger partial charge >= 0.3 is 5.97 Å². The summed E-state index contributed by atoms with van der Waals surface area (Å²) in [6, 6.07) is 5.84. The van der Waals surface area contributed by atoms with Crippen molar-refractivity contribution in [2.75, 3.05) is 11.4 Å². The van der Waals surface area contributed by atoms with Gasteiger partial charge in [0.25, 0.3) is 0 Å². The molecule has 1 aromatic carbocycles. The normalized spacial score (nSPS) is 10.8. The van der Waals surface area contributed by atoms with E-state index in [1.807, 2.05) is 12.1 Å². The molecule has 0 fully saturated rings. The van der Waals surface area contributed by atoms with Gasteiger partial charge in [0.05, 0.1) is 11.3 Å². The number of unbranched alkanes of at least 4 members (excludes halogenated alkanes) is 2. The first kappa shape index (κ1) is 16.0. The van der Waals surface area contributed by atoms with Crippen molar-refractivity contribution in [2.24, 2.45) is 0 Å². The SMILES string of the molecule is CCCCCN(c1cccc(Br)c1C(=O)O)C(C)C. The second-order valence-electron chi connectivity index (χ2n) is 4.93. The Labute approximate surface area is 123 Å². The average Bonchev–Trinajstić information content (AvgIpc) is 2.33. The highest BCUT2D eigenvalue weighted by atomic mass is 79.9. The van der Waals surface area contributed by atoms with Crippen molar-refractivity contribution in [3.8, 4) is 0 Å². The van der Waals surface area contributed by atoms with E-state index in [4.69, 9.17) is 0 Å². The summed E-state index contributed by atoms with van der Waals surface area (Å²) in [5.41, 5.74) is 1.15. The van der Waals surface area contributed by atoms with Crippen molar-refractivity contribution < 1.29 is 9.90 Å². The molecule has 1 N–H and O–H groups in total. The summed E-state index contributed by atoms with van der Waals surface area (Å²) in [6.45, 7) is 7.25. The van der Waals surface area contributed by atoms with Gasteiger partial charge in [0.1, 0.15) is 0 Å². The fourth-order valence-corrected chi connectivity index (χ4v) is 2.68. The zero-order valence-corrected chi connectivity index (χ0v) is 13.4. The molecule has 1 aromatic rings. The highest BCUT2D eigenvalue weighted by Gasteiger charge is 2.20. The summed E-state index contributed by atoms with van der Waals surface area (Å²) >= 11 is 3.34. The summed E-state index contributed by atoms with van der Waals surface area (Å²) in [7, 11) is 0. The van der Waals surface area contributed by atoms with Crippen LogP contribution < -0.4 is 4.90 Å². The quantitative estimate of drug-likeness (QED) is 0.746. The number of nitrogens with zero attached hydrogens (tertiary/aromatic N) is 1. The first-order valence-electron chi connectivity index (χ1n) is 6.77. The fraction of sp³-hybridized carbons (Fsp3) is 0.533. The van der Waals surface area contributed by atoms with Gasteiger partial charge in [-0.15, -0.1) is 0 Å². The number of rotatable bonds is 7. The number of carboxylic acids is 1. The van der Waals surface area contributed by atoms with Crippen LogP contribution in [0.1, 0.15) is 50.4 Å². The molecule has 0 spiro atoms. The lowest BCUT2D eigenvalue weighted by atomic mass is 10.1. The lowest BCUT2D eigenvalue weighted by Crippen LogP contribution is -2.33. The third-order valence-electron chi connectivity index (χ3n) is 3.14. The van der Waals surface area contributed by atoms with Gasteiger partial charge in [0.2, 0.25) is 0 Å². The Morgan fingerprint density at radius 1 is 1.37 bits per heavy atom. The van der Waals surface area contributed by atoms with Gasteiger partial charge in [-0.1, -0.05) is 25.8 Å². The smallest absolute Gasteiger partial charge is 0.338 e. The van der Waals surface area contributed by atoms with Crippen LogP contribution in [0.5, 0.6) is 0 Å². The molecule has 0 atom stereocenters. The van der Waals surface area contributed by atoms with Crippen molar-refractivity contribution in [1.82, 2.24) is 0 Å². The van der Waals surface area contributed by atoms with E-state index < -0.39 is 5.97 Å². The van der Waals surface area contributed by atoms with Crippen molar-refractivity contribution in [1.29, 1.82) is 0 Å². The molecule has 106 valence electrons. The highest BCUT2D eigenvalue weighted by Crippen LogP contribution is 2.29. The molecule has 0 saturated carbocycles. The Balaban J connectivity index is 3.08. The van der Waals surface area contributed by atoms with Crippen LogP contribution in [0.3, 0.4) is 0 Å². The molecule has 1 rings (SSSR count). The van der Waals surface area contributed by atoms with E-state index in [-0.39, 0.29) is 6.04 Å². The zero-order valence-electron chi connectivity index (χ0n) is 11.8. The van der Waals surface area contributed by atoms with Crippen LogP contribution in [-0.4, -0.2) is 23.7 Å². The number of hydrogen-bond acceptors (Lipinski definition) is 2. The van der Waals surface area contributed by atoms with Gasteiger partial charge in [-0.05, 0) is 48.3 Å². The van der Waals surface area contributed by atoms with E-state index in [0.717, 1.165) is 25.1 Å². The van der Waals surface area contributed by atoms with E-state index >= 15 is 0 Å². The Hall–Kier alpha value is -1.03. The van der Waals surface area contributed by atoms with Gasteiger partial charge in [-0.25, -0.2) is 4.79 Å². The number of hydrogen-bond donors (Lipinski definition) is 1. The molecule has 0 aliphatic carbocycles. The number of anilines is 1. The standard InChI is InChI=1S/C15H22BrNO2/c1-4-5-6-10-17(11(2)3)13-9-7-8-12(16)14(13)15(18)19/h7-9,11H,4-6,10H2,1-3H3,(H,18,19). The minimum Gasteiger partial charge on any atom is -0.478 e. The molecule has 4 heteroatoms. The van der Waals surface area contributed by atoms with Crippen LogP contribution in [0, 0.1) is 0 Å². The van der Waals surface area contributed by atoms with Crippen LogP contribution in [0.4, 0.5) is 5.69 Å². The fourth-order valence-electron chi connectivity index (χ4n) is 2.15. The Morgan fingerprint density at radius 2 is 2.05 bits per heavy atom. The van der Waals surface area contributed by atoms with Gasteiger partial charge in [0, 0.05) is 17.1 Å². The largest absolute Gasteiger partial charge is 0.478 e. The summed E-state index contributed by atoms with van der Waals surface area (Å²) < 4.78 is 0.638. The highest BCUT2D eigenvalue weighted by molar-refractivity contribution is 9.10. The van der Waals surface area contributed by atoms with E-state index in [1.54, 1.807) is 6.07 Å². The van der Waals surface area contributed by atoms with Crippen LogP contribution in [0.15, 0.2) is 22.7 Å². The second-order valence-corrected chi connectivity index (χ2v) is 5.79. The molecular weight excluding hydrogens is 306 g/mol. The average molecular weight is 328 g/mol. The summed E-state index contributed by atoms with van der Waals surface area (Å²) in [5, 5.41) is 9.39. The molecule has 0 aromatic heterocycles. The summed E-state index contributed by atoms with van der Waals surface area (Å²) in [5.74, 6) is -0.886. The number of aromatic carboxylic acids is 1. The minimum atomic E-state index is -0.886. The van der Waals surface area contributed by atoms with Crippen molar-refractivity contribution in [2.45, 2.75) is 46.1 Å². The molecule has 0 aliphatic heterocycles. The van der Waals surface area contributed by atoms with E-state index in [0.29, 0.717) is 10.0 Å². The Kier molecular flexibility index (Phi) is 6.35. The second kappa shape index (κ2) is 7.53. The molecule has 0 amide bonds. The molecular formula is C15H22BrNO2. The molecule has 0 saturated heterocycles. The van der Waals surface area contributed by atoms with Gasteiger partial charge < -0.3 is 10.0 Å². The minimum absolute atomic E-state index is 0.282. The molecule has 0 aliphatic rings. The number of benzene rings is 1. The topological polar surface area (TPSA) is 40.5 Å². The first-order valence-corrected chi connectivity index (χ1v) is 7.56. The summed E-state index contributed by atoms with van der Waals surface area (Å²) in [6.07, 6.45) is 3.41. The van der Waals surface area contributed by atoms with Crippen LogP contribution in [0.25, 0.3) is 0 Å². The Morgan fingerprint density at radius 3 is 2.58 bits per heavy atom. The molecule has 0 unspecified atom stereocenters. The van der Waals surface area contributed by atoms with Crippen LogP contribution >= 0.6 is 15.9 Å². The number of carboxylic acid groups (broad SMARTS) is 1. The van der Waals surface area contributed by atoms with Crippen LogP contribution in [-0.2, 0) is 0 Å². The maximum Gasteiger partial charge on any atom is 0.338 e. The first-order chi connectivity index (χ1) is 8.99. The van der Waals surface area contributed by atoms with Crippen molar-refractivity contribution in [3.63, 3.8) is 0 Å². The van der Waals surface area contributed by atoms with E-state index in [1.165, 1.54) is 6.42 Å². The molecule has 3 nitrogen and oxygen atoms in total. The molecule has 0 heterocycles. The summed E-state index contributed by atoms with van der Waals surface area (Å²) in [4.78, 5) is 13.6. The zero-order chi connectivity index (χ0) is 14.4. The third kappa shape index (κ3) is 4.23. The molecule has 0 bridgehead atoms. The number of halogens is 1. The van der Waals surface area contributed by atoms with Gasteiger partial charge in [0.15, 0.2) is 0 Å². The van der Waals surface area contributed by atoms with Gasteiger partial charge in [-0.3, -0.25) is 0 Å². The lowest BCUT2D eigenvalue weighted by Gasteiger charge is -2.30. The predicted molar refractivity (Wildman–Crippen MR) is 83.1 cm³/mol. The monoisotopic (exact) mass is 327 g/mol.